The standard InChI is InChI=1S/C7H13N2O2.Y/c1-5(2)6(10)9(4)7(11)8-3;/h1-4H3,(H,8,11);/q-1;/p-1. The minimum atomic E-state index is -0.517. The monoisotopic (exact) mass is 245 g/mol. The van der Waals surface area contributed by atoms with E-state index in [0.29, 0.717) is 5.92 Å². The normalized spacial score (nSPS) is 8.00. The van der Waals surface area contributed by atoms with Crippen LogP contribution in [0.1, 0.15) is 13.8 Å². The Hall–Kier alpha value is -0.0861. The van der Waals surface area contributed by atoms with Gasteiger partial charge in [-0.2, -0.15) is 13.8 Å². The summed E-state index contributed by atoms with van der Waals surface area (Å²) >= 11 is 0. The number of carbonyl (C=O) groups excluding carboxylic acids is 2. The molecular weight excluding hydrogens is 233 g/mol. The van der Waals surface area contributed by atoms with Gasteiger partial charge in [-0.05, 0) is 0 Å². The van der Waals surface area contributed by atoms with Gasteiger partial charge < -0.3 is 20.9 Å². The predicted molar refractivity (Wildman–Crippen MR) is 42.0 cm³/mol. The third kappa shape index (κ3) is 4.07. The van der Waals surface area contributed by atoms with E-state index in [1.807, 2.05) is 0 Å². The largest absolute Gasteiger partial charge is 0.434 e. The molecular formula is C7H12N2O2Y-2. The molecule has 12 heavy (non-hydrogen) atoms. The van der Waals surface area contributed by atoms with Crippen LogP contribution in [0.25, 0.3) is 5.32 Å². The number of rotatable bonds is 1. The fourth-order valence-electron chi connectivity index (χ4n) is 0.572. The molecule has 67 valence electrons. The number of hydrogen-bond donors (Lipinski definition) is 0. The quantitative estimate of drug-likeness (QED) is 0.651. The van der Waals surface area contributed by atoms with Gasteiger partial charge in [-0.1, -0.05) is 14.1 Å². The van der Waals surface area contributed by atoms with Crippen molar-refractivity contribution < 1.29 is 42.3 Å². The molecule has 0 aromatic rings. The maximum atomic E-state index is 11.1. The summed E-state index contributed by atoms with van der Waals surface area (Å²) in [4.78, 5) is 22.8. The second kappa shape index (κ2) is 6.43. The Labute approximate surface area is 97.9 Å². The van der Waals surface area contributed by atoms with E-state index in [0.717, 1.165) is 4.90 Å². The number of imide groups is 1. The van der Waals surface area contributed by atoms with E-state index in [2.05, 4.69) is 5.32 Å². The average Bonchev–Trinajstić information content (AvgIpc) is 2.00. The third-order valence-electron chi connectivity index (χ3n) is 1.21. The SMILES string of the molecule is C[N-]C(=O)N(C)C(=O)[C-](C)C.[Y]. The molecule has 0 aliphatic rings. The van der Waals surface area contributed by atoms with Crippen LogP contribution in [0.3, 0.4) is 0 Å². The van der Waals surface area contributed by atoms with Crippen molar-refractivity contribution in [3.63, 3.8) is 0 Å². The molecule has 0 saturated carbocycles. The van der Waals surface area contributed by atoms with Crippen LogP contribution in [0.2, 0.25) is 0 Å². The van der Waals surface area contributed by atoms with E-state index in [4.69, 9.17) is 0 Å². The van der Waals surface area contributed by atoms with Gasteiger partial charge in [0.2, 0.25) is 0 Å². The minimum absolute atomic E-state index is 0. The van der Waals surface area contributed by atoms with Crippen molar-refractivity contribution in [1.29, 1.82) is 0 Å². The molecule has 0 spiro atoms. The van der Waals surface area contributed by atoms with Crippen molar-refractivity contribution in [2.75, 3.05) is 14.1 Å². The van der Waals surface area contributed by atoms with Crippen molar-refractivity contribution in [2.24, 2.45) is 0 Å². The Morgan fingerprint density at radius 2 is 1.75 bits per heavy atom. The predicted octanol–water partition coefficient (Wildman–Crippen LogP) is 1.18. The number of amides is 3. The summed E-state index contributed by atoms with van der Waals surface area (Å²) in [6.07, 6.45) is 0. The summed E-state index contributed by atoms with van der Waals surface area (Å²) in [5.41, 5.74) is 0. The summed E-state index contributed by atoms with van der Waals surface area (Å²) in [6, 6.07) is -0.517. The smallest absolute Gasteiger partial charge is 0.158 e. The molecule has 1 radical (unpaired) electrons. The number of nitrogens with zero attached hydrogens (tertiary/aromatic N) is 2. The van der Waals surface area contributed by atoms with Crippen molar-refractivity contribution in [3.05, 3.63) is 11.2 Å². The first kappa shape index (κ1) is 14.4. The van der Waals surface area contributed by atoms with Gasteiger partial charge in [-0.25, -0.2) is 0 Å². The second-order valence-corrected chi connectivity index (χ2v) is 2.37. The van der Waals surface area contributed by atoms with Crippen LogP contribution in [-0.4, -0.2) is 30.9 Å². The van der Waals surface area contributed by atoms with Gasteiger partial charge in [0.25, 0.3) is 0 Å². The average molecular weight is 245 g/mol. The molecule has 0 bridgehead atoms. The first-order chi connectivity index (χ1) is 5.00. The van der Waals surface area contributed by atoms with E-state index in [-0.39, 0.29) is 38.6 Å². The molecule has 5 heteroatoms. The Kier molecular flexibility index (Phi) is 7.74. The molecule has 3 amide bonds. The van der Waals surface area contributed by atoms with Gasteiger partial charge in [0.15, 0.2) is 6.03 Å². The third-order valence-corrected chi connectivity index (χ3v) is 1.21. The van der Waals surface area contributed by atoms with Crippen LogP contribution in [0, 0.1) is 5.92 Å². The fraction of sp³-hybridized carbons (Fsp3) is 0.571. The van der Waals surface area contributed by atoms with Crippen molar-refractivity contribution in [1.82, 2.24) is 4.90 Å². The van der Waals surface area contributed by atoms with Gasteiger partial charge >= 0.3 is 0 Å². The number of carbonyl (C=O) groups is 2. The van der Waals surface area contributed by atoms with Crippen molar-refractivity contribution in [2.45, 2.75) is 13.8 Å². The van der Waals surface area contributed by atoms with Crippen LogP contribution in [0.4, 0.5) is 4.79 Å². The molecule has 0 aliphatic carbocycles. The summed E-state index contributed by atoms with van der Waals surface area (Å²) < 4.78 is 0. The molecule has 0 atom stereocenters. The van der Waals surface area contributed by atoms with Crippen LogP contribution in [0.15, 0.2) is 0 Å². The van der Waals surface area contributed by atoms with E-state index in [1.165, 1.54) is 14.1 Å². The van der Waals surface area contributed by atoms with Crippen LogP contribution >= 0.6 is 0 Å². The molecule has 0 heterocycles. The Morgan fingerprint density at radius 3 is 2.00 bits per heavy atom. The van der Waals surface area contributed by atoms with Gasteiger partial charge in [-0.3, -0.25) is 4.79 Å². The van der Waals surface area contributed by atoms with Gasteiger partial charge in [0.05, 0.1) is 0 Å². The Balaban J connectivity index is 0. The molecule has 0 unspecified atom stereocenters. The maximum absolute atomic E-state index is 11.1. The summed E-state index contributed by atoms with van der Waals surface area (Å²) in [5, 5.41) is 3.34. The molecule has 0 rings (SSSR count). The van der Waals surface area contributed by atoms with Crippen molar-refractivity contribution in [3.8, 4) is 0 Å². The van der Waals surface area contributed by atoms with Gasteiger partial charge in [-0.15, -0.1) is 0 Å². The minimum Gasteiger partial charge on any atom is -0.434 e. The van der Waals surface area contributed by atoms with Gasteiger partial charge in [0.1, 0.15) is 0 Å². The summed E-state index contributed by atoms with van der Waals surface area (Å²) in [6.45, 7) is 3.31. The second-order valence-electron chi connectivity index (χ2n) is 2.37. The topological polar surface area (TPSA) is 51.5 Å². The van der Waals surface area contributed by atoms with Gasteiger partial charge in [0, 0.05) is 38.6 Å². The zero-order valence-electron chi connectivity index (χ0n) is 7.79. The van der Waals surface area contributed by atoms with Crippen LogP contribution < -0.4 is 0 Å². The Bertz CT molecular complexity index is 171. The van der Waals surface area contributed by atoms with Crippen LogP contribution in [-0.2, 0) is 37.5 Å². The summed E-state index contributed by atoms with van der Waals surface area (Å²) in [7, 11) is 2.77. The molecule has 0 fully saturated rings. The van der Waals surface area contributed by atoms with E-state index >= 15 is 0 Å². The fourth-order valence-corrected chi connectivity index (χ4v) is 0.572. The maximum Gasteiger partial charge on any atom is 0.158 e. The molecule has 0 N–H and O–H groups in total. The molecule has 0 aromatic carbocycles. The van der Waals surface area contributed by atoms with E-state index < -0.39 is 6.03 Å². The summed E-state index contributed by atoms with van der Waals surface area (Å²) in [5.74, 6) is 0.283. The first-order valence-electron chi connectivity index (χ1n) is 3.22. The van der Waals surface area contributed by atoms with Crippen LogP contribution in [0.5, 0.6) is 0 Å². The zero-order chi connectivity index (χ0) is 9.02. The zero-order valence-corrected chi connectivity index (χ0v) is 10.6. The van der Waals surface area contributed by atoms with Crippen molar-refractivity contribution >= 4 is 11.9 Å². The van der Waals surface area contributed by atoms with E-state index in [9.17, 15) is 9.59 Å². The molecule has 0 aromatic heterocycles. The number of hydrogen-bond acceptors (Lipinski definition) is 2. The molecule has 0 saturated heterocycles. The van der Waals surface area contributed by atoms with E-state index in [1.54, 1.807) is 13.8 Å². The molecule has 4 nitrogen and oxygen atoms in total. The molecule has 0 aliphatic heterocycles. The Morgan fingerprint density at radius 1 is 1.33 bits per heavy atom. The number of urea groups is 1. The first-order valence-corrected chi connectivity index (χ1v) is 3.22.